The van der Waals surface area contributed by atoms with Gasteiger partial charge in [-0.15, -0.1) is 0 Å². The van der Waals surface area contributed by atoms with Crippen molar-refractivity contribution in [1.82, 2.24) is 10.3 Å². The fraction of sp³-hybridized carbons (Fsp3) is 0.500. The topological polar surface area (TPSA) is 77.2 Å². The lowest BCUT2D eigenvalue weighted by Gasteiger charge is -2.22. The van der Waals surface area contributed by atoms with E-state index in [1.54, 1.807) is 0 Å². The quantitative estimate of drug-likeness (QED) is 0.815. The number of anilines is 1. The van der Waals surface area contributed by atoms with Crippen molar-refractivity contribution in [3.05, 3.63) is 23.0 Å². The maximum Gasteiger partial charge on any atom is 0.254 e. The summed E-state index contributed by atoms with van der Waals surface area (Å²) in [5, 5.41) is 3.01. The van der Waals surface area contributed by atoms with Gasteiger partial charge in [-0.3, -0.25) is 4.79 Å². The van der Waals surface area contributed by atoms with Gasteiger partial charge in [-0.25, -0.2) is 4.98 Å². The Bertz CT molecular complexity index is 433. The number of nitrogens with two attached hydrogens (primary N) is 1. The second-order valence-corrected chi connectivity index (χ2v) is 4.76. The first-order chi connectivity index (χ1) is 8.66. The zero-order valence-corrected chi connectivity index (χ0v) is 10.7. The maximum absolute atomic E-state index is 11.9. The van der Waals surface area contributed by atoms with E-state index in [4.69, 9.17) is 22.1 Å². The molecule has 2 heterocycles. The molecule has 1 aliphatic heterocycles. The van der Waals surface area contributed by atoms with Gasteiger partial charge in [0.15, 0.2) is 0 Å². The SMILES string of the molecule is Nc1cnc(Cl)c(C(=O)NCC2CCCOC2)c1. The Morgan fingerprint density at radius 3 is 3.22 bits per heavy atom. The normalized spacial score (nSPS) is 19.5. The van der Waals surface area contributed by atoms with Crippen LogP contribution < -0.4 is 11.1 Å². The number of aromatic nitrogens is 1. The summed E-state index contributed by atoms with van der Waals surface area (Å²) in [5.41, 5.74) is 6.32. The van der Waals surface area contributed by atoms with Crippen LogP contribution >= 0.6 is 11.6 Å². The molecule has 1 saturated heterocycles. The minimum atomic E-state index is -0.245. The van der Waals surface area contributed by atoms with Crippen LogP contribution in [0.2, 0.25) is 5.15 Å². The summed E-state index contributed by atoms with van der Waals surface area (Å²) in [4.78, 5) is 15.8. The summed E-state index contributed by atoms with van der Waals surface area (Å²) in [6.45, 7) is 2.10. The van der Waals surface area contributed by atoms with Crippen molar-refractivity contribution in [3.63, 3.8) is 0 Å². The Kier molecular flexibility index (Phi) is 4.38. The summed E-state index contributed by atoms with van der Waals surface area (Å²) in [6, 6.07) is 1.53. The highest BCUT2D eigenvalue weighted by atomic mass is 35.5. The molecule has 1 unspecified atom stereocenters. The van der Waals surface area contributed by atoms with Crippen LogP contribution in [-0.4, -0.2) is 30.6 Å². The smallest absolute Gasteiger partial charge is 0.254 e. The number of pyridine rings is 1. The van der Waals surface area contributed by atoms with Gasteiger partial charge in [0.1, 0.15) is 5.15 Å². The minimum absolute atomic E-state index is 0.168. The Hall–Kier alpha value is -1.33. The molecule has 18 heavy (non-hydrogen) atoms. The molecule has 1 aromatic heterocycles. The summed E-state index contributed by atoms with van der Waals surface area (Å²) in [7, 11) is 0. The van der Waals surface area contributed by atoms with E-state index in [2.05, 4.69) is 10.3 Å². The van der Waals surface area contributed by atoms with Crippen LogP contribution in [0, 0.1) is 5.92 Å². The van der Waals surface area contributed by atoms with Crippen molar-refractivity contribution >= 4 is 23.2 Å². The number of hydrogen-bond donors (Lipinski definition) is 2. The summed E-state index contributed by atoms with van der Waals surface area (Å²) < 4.78 is 5.35. The molecule has 1 atom stereocenters. The lowest BCUT2D eigenvalue weighted by atomic mass is 10.0. The molecule has 0 aromatic carbocycles. The van der Waals surface area contributed by atoms with Gasteiger partial charge in [0.05, 0.1) is 24.1 Å². The second-order valence-electron chi connectivity index (χ2n) is 4.40. The lowest BCUT2D eigenvalue weighted by molar-refractivity contribution is 0.0536. The van der Waals surface area contributed by atoms with Crippen LogP contribution in [0.4, 0.5) is 5.69 Å². The third-order valence-corrected chi connectivity index (χ3v) is 3.21. The molecular formula is C12H16ClN3O2. The van der Waals surface area contributed by atoms with E-state index in [0.29, 0.717) is 30.3 Å². The molecule has 1 aromatic rings. The molecular weight excluding hydrogens is 254 g/mol. The molecule has 0 radical (unpaired) electrons. The van der Waals surface area contributed by atoms with E-state index in [1.807, 2.05) is 0 Å². The predicted molar refractivity (Wildman–Crippen MR) is 69.5 cm³/mol. The van der Waals surface area contributed by atoms with Gasteiger partial charge in [0.2, 0.25) is 0 Å². The van der Waals surface area contributed by atoms with Crippen LogP contribution in [0.5, 0.6) is 0 Å². The fourth-order valence-corrected chi connectivity index (χ4v) is 2.11. The number of carbonyl (C=O) groups is 1. The van der Waals surface area contributed by atoms with E-state index in [-0.39, 0.29) is 11.1 Å². The summed E-state index contributed by atoms with van der Waals surface area (Å²) in [5.74, 6) is 0.126. The molecule has 0 spiro atoms. The Balaban J connectivity index is 1.92. The number of carbonyl (C=O) groups excluding carboxylic acids is 1. The Labute approximate surface area is 111 Å². The van der Waals surface area contributed by atoms with Crippen LogP contribution in [0.25, 0.3) is 0 Å². The zero-order valence-electron chi connectivity index (χ0n) is 9.99. The third kappa shape index (κ3) is 3.34. The van der Waals surface area contributed by atoms with E-state index < -0.39 is 0 Å². The molecule has 3 N–H and O–H groups in total. The zero-order chi connectivity index (χ0) is 13.0. The van der Waals surface area contributed by atoms with Crippen molar-refractivity contribution in [1.29, 1.82) is 0 Å². The van der Waals surface area contributed by atoms with Gasteiger partial charge in [-0.1, -0.05) is 11.6 Å². The van der Waals surface area contributed by atoms with Crippen molar-refractivity contribution in [3.8, 4) is 0 Å². The molecule has 0 aliphatic carbocycles. The van der Waals surface area contributed by atoms with E-state index in [0.717, 1.165) is 19.4 Å². The first-order valence-corrected chi connectivity index (χ1v) is 6.31. The van der Waals surface area contributed by atoms with Crippen molar-refractivity contribution in [2.45, 2.75) is 12.8 Å². The average molecular weight is 270 g/mol. The number of nitrogens with one attached hydrogen (secondary N) is 1. The molecule has 5 nitrogen and oxygen atoms in total. The molecule has 1 amide bonds. The monoisotopic (exact) mass is 269 g/mol. The largest absolute Gasteiger partial charge is 0.397 e. The van der Waals surface area contributed by atoms with Crippen LogP contribution in [0.1, 0.15) is 23.2 Å². The van der Waals surface area contributed by atoms with Crippen molar-refractivity contribution in [2.24, 2.45) is 5.92 Å². The number of ether oxygens (including phenoxy) is 1. The summed E-state index contributed by atoms with van der Waals surface area (Å²) >= 11 is 5.86. The highest BCUT2D eigenvalue weighted by Crippen LogP contribution is 2.16. The highest BCUT2D eigenvalue weighted by Gasteiger charge is 2.17. The van der Waals surface area contributed by atoms with Gasteiger partial charge in [0, 0.05) is 13.2 Å². The molecule has 1 aliphatic rings. The Morgan fingerprint density at radius 1 is 1.67 bits per heavy atom. The Morgan fingerprint density at radius 2 is 2.50 bits per heavy atom. The average Bonchev–Trinajstić information content (AvgIpc) is 2.40. The maximum atomic E-state index is 11.9. The lowest BCUT2D eigenvalue weighted by Crippen LogP contribution is -2.33. The van der Waals surface area contributed by atoms with Crippen molar-refractivity contribution in [2.75, 3.05) is 25.5 Å². The van der Waals surface area contributed by atoms with E-state index in [1.165, 1.54) is 12.3 Å². The van der Waals surface area contributed by atoms with Gasteiger partial charge < -0.3 is 15.8 Å². The molecule has 0 bridgehead atoms. The minimum Gasteiger partial charge on any atom is -0.397 e. The van der Waals surface area contributed by atoms with Gasteiger partial charge >= 0.3 is 0 Å². The third-order valence-electron chi connectivity index (χ3n) is 2.91. The predicted octanol–water partition coefficient (Wildman–Crippen LogP) is 1.47. The number of amides is 1. The van der Waals surface area contributed by atoms with Crippen LogP contribution in [0.15, 0.2) is 12.3 Å². The first-order valence-electron chi connectivity index (χ1n) is 5.94. The first kappa shape index (κ1) is 13.1. The number of halogens is 1. The highest BCUT2D eigenvalue weighted by molar-refractivity contribution is 6.32. The molecule has 98 valence electrons. The summed E-state index contributed by atoms with van der Waals surface area (Å²) in [6.07, 6.45) is 3.54. The number of nitrogens with zero attached hydrogens (tertiary/aromatic N) is 1. The van der Waals surface area contributed by atoms with Gasteiger partial charge in [-0.2, -0.15) is 0 Å². The number of hydrogen-bond acceptors (Lipinski definition) is 4. The van der Waals surface area contributed by atoms with E-state index >= 15 is 0 Å². The molecule has 6 heteroatoms. The van der Waals surface area contributed by atoms with Crippen LogP contribution in [-0.2, 0) is 4.74 Å². The number of nitrogen functional groups attached to an aromatic ring is 1. The standard InChI is InChI=1S/C12H16ClN3O2/c13-11-10(4-9(14)6-15-11)12(17)16-5-8-2-1-3-18-7-8/h4,6,8H,1-3,5,7,14H2,(H,16,17). The fourth-order valence-electron chi connectivity index (χ4n) is 1.92. The van der Waals surface area contributed by atoms with Gasteiger partial charge in [-0.05, 0) is 24.8 Å². The second kappa shape index (κ2) is 6.02. The molecule has 1 fully saturated rings. The van der Waals surface area contributed by atoms with Crippen LogP contribution in [0.3, 0.4) is 0 Å². The number of rotatable bonds is 3. The molecule has 0 saturated carbocycles. The van der Waals surface area contributed by atoms with Crippen molar-refractivity contribution < 1.29 is 9.53 Å². The van der Waals surface area contributed by atoms with E-state index in [9.17, 15) is 4.79 Å². The molecule has 2 rings (SSSR count). The van der Waals surface area contributed by atoms with Gasteiger partial charge in [0.25, 0.3) is 5.91 Å².